The van der Waals surface area contributed by atoms with E-state index in [1.807, 2.05) is 0 Å². The van der Waals surface area contributed by atoms with E-state index in [0.29, 0.717) is 28.9 Å². The maximum absolute atomic E-state index is 13.0. The van der Waals surface area contributed by atoms with Crippen LogP contribution in [-0.2, 0) is 23.8 Å². The molecule has 1 aromatic heterocycles. The summed E-state index contributed by atoms with van der Waals surface area (Å²) in [7, 11) is 0. The monoisotopic (exact) mass is 536 g/mol. The maximum Gasteiger partial charge on any atom is 0.414 e. The van der Waals surface area contributed by atoms with Crippen molar-refractivity contribution in [2.75, 3.05) is 62.4 Å². The van der Waals surface area contributed by atoms with Crippen LogP contribution in [0.1, 0.15) is 9.67 Å². The molecule has 0 aliphatic carbocycles. The fourth-order valence-corrected chi connectivity index (χ4v) is 4.81. The summed E-state index contributed by atoms with van der Waals surface area (Å²) in [6, 6.07) is 10.0. The molecule has 0 spiro atoms. The Kier molecular flexibility index (Phi) is 8.54. The minimum absolute atomic E-state index is 0.0325. The zero-order valence-electron chi connectivity index (χ0n) is 19.3. The summed E-state index contributed by atoms with van der Waals surface area (Å²) >= 11 is 7.00. The van der Waals surface area contributed by atoms with Crippen LogP contribution < -0.4 is 15.5 Å². The van der Waals surface area contributed by atoms with Crippen LogP contribution in [0.3, 0.4) is 0 Å². The van der Waals surface area contributed by atoms with Crippen molar-refractivity contribution in [3.63, 3.8) is 0 Å². The van der Waals surface area contributed by atoms with E-state index in [1.165, 1.54) is 11.0 Å². The van der Waals surface area contributed by atoms with Crippen LogP contribution in [0.2, 0.25) is 4.34 Å². The number of hydrogen-bond acceptors (Lipinski definition) is 9. The standard InChI is InChI=1S/C23H25ClN4O7S/c24-19-6-5-18(36-19)22(31)28(21(30)14-33-9-7-25)12-17-11-27(23(32)35-17)16-3-1-15(2-4-16)26-8-10-34-13-20(26)29/h1-6,17H,7-14,25H2. The molecule has 1 atom stereocenters. The molecule has 2 aliphatic rings. The average molecular weight is 537 g/mol. The number of morpholine rings is 1. The smallest absolute Gasteiger partial charge is 0.414 e. The second-order valence-corrected chi connectivity index (χ2v) is 9.70. The Balaban J connectivity index is 1.44. The van der Waals surface area contributed by atoms with Crippen LogP contribution in [0.5, 0.6) is 0 Å². The molecule has 192 valence electrons. The molecule has 1 aromatic carbocycles. The maximum atomic E-state index is 13.0. The lowest BCUT2D eigenvalue weighted by molar-refractivity contribution is -0.134. The largest absolute Gasteiger partial charge is 0.442 e. The molecule has 2 fully saturated rings. The number of ether oxygens (including phenoxy) is 3. The Labute approximate surface area is 216 Å². The SMILES string of the molecule is NCCOCC(=O)N(CC1CN(c2ccc(N3CCOCC3=O)cc2)C(=O)O1)C(=O)c1ccc(Cl)s1. The average Bonchev–Trinajstić information content (AvgIpc) is 3.48. The van der Waals surface area contributed by atoms with E-state index in [1.54, 1.807) is 35.2 Å². The third kappa shape index (κ3) is 6.02. The first-order chi connectivity index (χ1) is 17.4. The number of carbonyl (C=O) groups excluding carboxylic acids is 4. The number of amides is 4. The summed E-state index contributed by atoms with van der Waals surface area (Å²) in [5.74, 6) is -1.26. The molecule has 4 amide bonds. The summed E-state index contributed by atoms with van der Waals surface area (Å²) in [5.41, 5.74) is 6.67. The van der Waals surface area contributed by atoms with Crippen LogP contribution in [0.4, 0.5) is 16.2 Å². The van der Waals surface area contributed by atoms with E-state index in [-0.39, 0.29) is 50.2 Å². The van der Waals surface area contributed by atoms with Gasteiger partial charge in [0.25, 0.3) is 17.7 Å². The van der Waals surface area contributed by atoms with Crippen molar-refractivity contribution in [3.8, 4) is 0 Å². The van der Waals surface area contributed by atoms with Crippen LogP contribution in [0.15, 0.2) is 36.4 Å². The molecule has 2 saturated heterocycles. The number of thiophene rings is 1. The van der Waals surface area contributed by atoms with E-state index in [4.69, 9.17) is 31.5 Å². The Morgan fingerprint density at radius 3 is 2.50 bits per heavy atom. The van der Waals surface area contributed by atoms with Crippen molar-refractivity contribution in [2.45, 2.75) is 6.10 Å². The van der Waals surface area contributed by atoms with Gasteiger partial charge >= 0.3 is 6.09 Å². The first-order valence-electron chi connectivity index (χ1n) is 11.2. The minimum atomic E-state index is -0.754. The first kappa shape index (κ1) is 26.0. The van der Waals surface area contributed by atoms with Crippen molar-refractivity contribution in [3.05, 3.63) is 45.6 Å². The van der Waals surface area contributed by atoms with Crippen molar-refractivity contribution in [2.24, 2.45) is 5.73 Å². The Bertz CT molecular complexity index is 1130. The third-order valence-corrected chi connectivity index (χ3v) is 6.76. The lowest BCUT2D eigenvalue weighted by Gasteiger charge is -2.27. The normalized spacial score (nSPS) is 17.9. The Morgan fingerprint density at radius 2 is 1.86 bits per heavy atom. The van der Waals surface area contributed by atoms with Gasteiger partial charge in [-0.3, -0.25) is 24.2 Å². The topological polar surface area (TPSA) is 132 Å². The van der Waals surface area contributed by atoms with Gasteiger partial charge in [0, 0.05) is 24.5 Å². The molecular weight excluding hydrogens is 512 g/mol. The summed E-state index contributed by atoms with van der Waals surface area (Å²) in [6.07, 6.45) is -1.36. The zero-order chi connectivity index (χ0) is 25.7. The van der Waals surface area contributed by atoms with Gasteiger partial charge in [0.2, 0.25) is 0 Å². The highest BCUT2D eigenvalue weighted by Gasteiger charge is 2.37. The van der Waals surface area contributed by atoms with Crippen molar-refractivity contribution in [1.29, 1.82) is 0 Å². The highest BCUT2D eigenvalue weighted by molar-refractivity contribution is 7.18. The lowest BCUT2D eigenvalue weighted by atomic mass is 10.2. The highest BCUT2D eigenvalue weighted by Crippen LogP contribution is 2.27. The predicted octanol–water partition coefficient (Wildman–Crippen LogP) is 1.73. The van der Waals surface area contributed by atoms with Gasteiger partial charge in [-0.25, -0.2) is 4.79 Å². The summed E-state index contributed by atoms with van der Waals surface area (Å²) in [6.45, 7) is 0.971. The number of imide groups is 1. The lowest BCUT2D eigenvalue weighted by Crippen LogP contribution is -2.44. The number of rotatable bonds is 9. The van der Waals surface area contributed by atoms with Crippen LogP contribution in [-0.4, -0.2) is 87.4 Å². The molecule has 13 heteroatoms. The van der Waals surface area contributed by atoms with E-state index >= 15 is 0 Å². The molecule has 11 nitrogen and oxygen atoms in total. The quantitative estimate of drug-likeness (QED) is 0.479. The van der Waals surface area contributed by atoms with Crippen LogP contribution >= 0.6 is 22.9 Å². The van der Waals surface area contributed by atoms with Crippen LogP contribution in [0, 0.1) is 0 Å². The second kappa shape index (κ2) is 11.8. The molecule has 36 heavy (non-hydrogen) atoms. The Morgan fingerprint density at radius 1 is 1.14 bits per heavy atom. The zero-order valence-corrected chi connectivity index (χ0v) is 20.8. The van der Waals surface area contributed by atoms with Crippen molar-refractivity contribution >= 4 is 58.1 Å². The fraction of sp³-hybridized carbons (Fsp3) is 0.391. The van der Waals surface area contributed by atoms with Gasteiger partial charge in [-0.15, -0.1) is 11.3 Å². The number of halogens is 1. The number of cyclic esters (lactones) is 1. The molecule has 0 radical (unpaired) electrons. The van der Waals surface area contributed by atoms with Gasteiger partial charge in [0.05, 0.1) is 35.5 Å². The second-order valence-electron chi connectivity index (χ2n) is 7.99. The molecule has 2 N–H and O–H groups in total. The molecule has 0 saturated carbocycles. The number of anilines is 2. The first-order valence-corrected chi connectivity index (χ1v) is 12.4. The Hall–Kier alpha value is -3.03. The molecule has 2 aliphatic heterocycles. The van der Waals surface area contributed by atoms with Gasteiger partial charge in [0.1, 0.15) is 19.3 Å². The van der Waals surface area contributed by atoms with E-state index in [2.05, 4.69) is 0 Å². The number of benzene rings is 1. The number of hydrogen-bond donors (Lipinski definition) is 1. The summed E-state index contributed by atoms with van der Waals surface area (Å²) < 4.78 is 16.2. The van der Waals surface area contributed by atoms with Crippen molar-refractivity contribution < 1.29 is 33.4 Å². The van der Waals surface area contributed by atoms with E-state index < -0.39 is 24.0 Å². The minimum Gasteiger partial charge on any atom is -0.442 e. The number of nitrogens with two attached hydrogens (primary N) is 1. The molecule has 0 bridgehead atoms. The number of nitrogens with zero attached hydrogens (tertiary/aromatic N) is 3. The van der Waals surface area contributed by atoms with Gasteiger partial charge in [-0.1, -0.05) is 11.6 Å². The fourth-order valence-electron chi connectivity index (χ4n) is 3.82. The molecule has 2 aromatic rings. The molecular formula is C23H25ClN4O7S. The summed E-state index contributed by atoms with van der Waals surface area (Å²) in [4.78, 5) is 54.8. The van der Waals surface area contributed by atoms with Gasteiger partial charge in [-0.2, -0.15) is 0 Å². The van der Waals surface area contributed by atoms with Gasteiger partial charge < -0.3 is 24.8 Å². The summed E-state index contributed by atoms with van der Waals surface area (Å²) in [5, 5.41) is 0. The highest BCUT2D eigenvalue weighted by atomic mass is 35.5. The molecule has 4 rings (SSSR count). The third-order valence-electron chi connectivity index (χ3n) is 5.54. The number of carbonyl (C=O) groups is 4. The molecule has 1 unspecified atom stereocenters. The van der Waals surface area contributed by atoms with E-state index in [9.17, 15) is 19.2 Å². The van der Waals surface area contributed by atoms with Gasteiger partial charge in [0.15, 0.2) is 0 Å². The predicted molar refractivity (Wildman–Crippen MR) is 132 cm³/mol. The van der Waals surface area contributed by atoms with Crippen molar-refractivity contribution in [1.82, 2.24) is 4.90 Å². The van der Waals surface area contributed by atoms with Gasteiger partial charge in [-0.05, 0) is 36.4 Å². The van der Waals surface area contributed by atoms with E-state index in [0.717, 1.165) is 16.2 Å². The molecule has 3 heterocycles. The van der Waals surface area contributed by atoms with Crippen LogP contribution in [0.25, 0.3) is 0 Å².